The normalized spacial score (nSPS) is 21.7. The van der Waals surface area contributed by atoms with Crippen molar-refractivity contribution in [3.05, 3.63) is 38.3 Å². The van der Waals surface area contributed by atoms with E-state index < -0.39 is 16.4 Å². The Balaban J connectivity index is 2.06. The number of rotatable bonds is 4. The summed E-state index contributed by atoms with van der Waals surface area (Å²) < 4.78 is 5.37. The van der Waals surface area contributed by atoms with Gasteiger partial charge in [-0.3, -0.25) is 14.9 Å². The molecule has 1 aliphatic heterocycles. The summed E-state index contributed by atoms with van der Waals surface area (Å²) in [6.45, 7) is 0.680. The van der Waals surface area contributed by atoms with Crippen LogP contribution < -0.4 is 5.32 Å². The van der Waals surface area contributed by atoms with Gasteiger partial charge in [-0.15, -0.1) is 0 Å². The second kappa shape index (κ2) is 5.86. The van der Waals surface area contributed by atoms with Crippen molar-refractivity contribution in [3.8, 4) is 0 Å². The lowest BCUT2D eigenvalue weighted by molar-refractivity contribution is -0.385. The smallest absolute Gasteiger partial charge is 0.284 e. The lowest BCUT2D eigenvalue weighted by Gasteiger charge is -2.20. The van der Waals surface area contributed by atoms with Gasteiger partial charge in [0.15, 0.2) is 0 Å². The summed E-state index contributed by atoms with van der Waals surface area (Å²) in [4.78, 5) is 22.2. The molecule has 1 fully saturated rings. The zero-order valence-corrected chi connectivity index (χ0v) is 12.1. The number of nitrogens with zero attached hydrogens (tertiary/aromatic N) is 1. The van der Waals surface area contributed by atoms with Crippen LogP contribution in [-0.2, 0) is 4.74 Å². The molecule has 1 amide bonds. The maximum Gasteiger partial charge on any atom is 0.284 e. The Morgan fingerprint density at radius 2 is 2.35 bits per heavy atom. The van der Waals surface area contributed by atoms with Crippen molar-refractivity contribution in [2.75, 3.05) is 19.8 Å². The minimum absolute atomic E-state index is 0.0513. The van der Waals surface area contributed by atoms with Gasteiger partial charge in [-0.25, -0.2) is 0 Å². The van der Waals surface area contributed by atoms with Crippen molar-refractivity contribution in [2.24, 2.45) is 0 Å². The standard InChI is InChI=1S/C12H13BrN2O5/c13-9-2-1-8(5-10(9)15(18)19)11(16)14-6-12(17)3-4-20-7-12/h1-2,5,17H,3-4,6-7H2,(H,14,16). The van der Waals surface area contributed by atoms with Crippen LogP contribution in [0.1, 0.15) is 16.8 Å². The molecule has 20 heavy (non-hydrogen) atoms. The Labute approximate surface area is 123 Å². The van der Waals surface area contributed by atoms with Gasteiger partial charge in [0, 0.05) is 31.2 Å². The molecule has 0 radical (unpaired) electrons. The monoisotopic (exact) mass is 344 g/mol. The molecule has 0 spiro atoms. The first-order valence-electron chi connectivity index (χ1n) is 5.94. The van der Waals surface area contributed by atoms with E-state index in [1.54, 1.807) is 0 Å². The van der Waals surface area contributed by atoms with E-state index in [9.17, 15) is 20.0 Å². The molecule has 0 aromatic heterocycles. The summed E-state index contributed by atoms with van der Waals surface area (Å²) in [5, 5.41) is 23.4. The van der Waals surface area contributed by atoms with Gasteiger partial charge >= 0.3 is 0 Å². The number of nitrogens with one attached hydrogen (secondary N) is 1. The summed E-state index contributed by atoms with van der Waals surface area (Å²) in [6.07, 6.45) is 0.452. The van der Waals surface area contributed by atoms with Crippen molar-refractivity contribution in [1.82, 2.24) is 5.32 Å². The highest BCUT2D eigenvalue weighted by Gasteiger charge is 2.32. The summed E-state index contributed by atoms with van der Waals surface area (Å²) in [5.41, 5.74) is -1.07. The van der Waals surface area contributed by atoms with Gasteiger partial charge in [0.1, 0.15) is 5.60 Å². The van der Waals surface area contributed by atoms with Crippen LogP contribution in [0.25, 0.3) is 0 Å². The van der Waals surface area contributed by atoms with Crippen LogP contribution in [0.15, 0.2) is 22.7 Å². The number of hydrogen-bond donors (Lipinski definition) is 2. The van der Waals surface area contributed by atoms with Gasteiger partial charge in [0.2, 0.25) is 0 Å². The lowest BCUT2D eigenvalue weighted by atomic mass is 10.0. The highest BCUT2D eigenvalue weighted by molar-refractivity contribution is 9.10. The van der Waals surface area contributed by atoms with Gasteiger partial charge in [-0.05, 0) is 28.1 Å². The summed E-state index contributed by atoms with van der Waals surface area (Å²) >= 11 is 3.05. The molecule has 8 heteroatoms. The molecule has 1 unspecified atom stereocenters. The second-order valence-corrected chi connectivity index (χ2v) is 5.49. The number of aliphatic hydroxyl groups is 1. The topological polar surface area (TPSA) is 102 Å². The molecule has 7 nitrogen and oxygen atoms in total. The van der Waals surface area contributed by atoms with E-state index >= 15 is 0 Å². The number of carbonyl (C=O) groups is 1. The third-order valence-electron chi connectivity index (χ3n) is 3.07. The number of halogens is 1. The van der Waals surface area contributed by atoms with E-state index in [0.717, 1.165) is 0 Å². The summed E-state index contributed by atoms with van der Waals surface area (Å²) in [6, 6.07) is 4.11. The quantitative estimate of drug-likeness (QED) is 0.631. The zero-order chi connectivity index (χ0) is 14.8. The number of carbonyl (C=O) groups excluding carboxylic acids is 1. The Morgan fingerprint density at radius 3 is 2.95 bits per heavy atom. The first-order valence-corrected chi connectivity index (χ1v) is 6.73. The average Bonchev–Trinajstić information content (AvgIpc) is 2.84. The molecule has 1 heterocycles. The summed E-state index contributed by atoms with van der Waals surface area (Å²) in [5.74, 6) is -0.471. The molecule has 1 aromatic carbocycles. The number of ether oxygens (including phenoxy) is 1. The Morgan fingerprint density at radius 1 is 1.60 bits per heavy atom. The van der Waals surface area contributed by atoms with Crippen LogP contribution in [0.3, 0.4) is 0 Å². The number of nitro groups is 1. The average molecular weight is 345 g/mol. The van der Waals surface area contributed by atoms with Gasteiger partial charge in [0.25, 0.3) is 11.6 Å². The number of benzene rings is 1. The molecule has 1 saturated heterocycles. The van der Waals surface area contributed by atoms with Crippen LogP contribution in [0.5, 0.6) is 0 Å². The van der Waals surface area contributed by atoms with Gasteiger partial charge < -0.3 is 15.2 Å². The number of hydrogen-bond acceptors (Lipinski definition) is 5. The van der Waals surface area contributed by atoms with Crippen LogP contribution in [-0.4, -0.2) is 41.3 Å². The highest BCUT2D eigenvalue weighted by Crippen LogP contribution is 2.25. The fraction of sp³-hybridized carbons (Fsp3) is 0.417. The van der Waals surface area contributed by atoms with Gasteiger partial charge in [-0.1, -0.05) is 0 Å². The number of amides is 1. The fourth-order valence-electron chi connectivity index (χ4n) is 1.88. The molecule has 2 rings (SSSR count). The molecule has 2 N–H and O–H groups in total. The van der Waals surface area contributed by atoms with E-state index in [4.69, 9.17) is 4.74 Å². The molecular weight excluding hydrogens is 332 g/mol. The first kappa shape index (κ1) is 14.9. The third-order valence-corrected chi connectivity index (χ3v) is 3.74. The first-order chi connectivity index (χ1) is 9.41. The Hall–Kier alpha value is -1.51. The molecule has 0 aliphatic carbocycles. The highest BCUT2D eigenvalue weighted by atomic mass is 79.9. The maximum atomic E-state index is 11.9. The lowest BCUT2D eigenvalue weighted by Crippen LogP contribution is -2.43. The van der Waals surface area contributed by atoms with Crippen molar-refractivity contribution < 1.29 is 19.6 Å². The maximum absolute atomic E-state index is 11.9. The van der Waals surface area contributed by atoms with Crippen LogP contribution in [0.4, 0.5) is 5.69 Å². The van der Waals surface area contributed by atoms with Crippen molar-refractivity contribution in [3.63, 3.8) is 0 Å². The van der Waals surface area contributed by atoms with E-state index in [2.05, 4.69) is 21.2 Å². The van der Waals surface area contributed by atoms with Crippen molar-refractivity contribution in [2.45, 2.75) is 12.0 Å². The van der Waals surface area contributed by atoms with Crippen LogP contribution in [0.2, 0.25) is 0 Å². The van der Waals surface area contributed by atoms with Gasteiger partial charge in [0.05, 0.1) is 16.0 Å². The molecule has 1 aliphatic rings. The zero-order valence-electron chi connectivity index (χ0n) is 10.5. The van der Waals surface area contributed by atoms with E-state index in [-0.39, 0.29) is 24.4 Å². The third kappa shape index (κ3) is 3.33. The molecule has 0 bridgehead atoms. The second-order valence-electron chi connectivity index (χ2n) is 4.63. The molecule has 1 atom stereocenters. The van der Waals surface area contributed by atoms with Gasteiger partial charge in [-0.2, -0.15) is 0 Å². The minimum Gasteiger partial charge on any atom is -0.386 e. The van der Waals surface area contributed by atoms with E-state index in [1.807, 2.05) is 0 Å². The van der Waals surface area contributed by atoms with Crippen LogP contribution >= 0.6 is 15.9 Å². The fourth-order valence-corrected chi connectivity index (χ4v) is 2.27. The van der Waals surface area contributed by atoms with Crippen molar-refractivity contribution in [1.29, 1.82) is 0 Å². The predicted octanol–water partition coefficient (Wildman–Crippen LogP) is 1.24. The van der Waals surface area contributed by atoms with E-state index in [0.29, 0.717) is 17.5 Å². The molecule has 0 saturated carbocycles. The molecule has 108 valence electrons. The predicted molar refractivity (Wildman–Crippen MR) is 73.5 cm³/mol. The molecular formula is C12H13BrN2O5. The largest absolute Gasteiger partial charge is 0.386 e. The van der Waals surface area contributed by atoms with Crippen LogP contribution in [0, 0.1) is 10.1 Å². The SMILES string of the molecule is O=C(NCC1(O)CCOC1)c1ccc(Br)c([N+](=O)[O-])c1. The minimum atomic E-state index is -1.06. The van der Waals surface area contributed by atoms with E-state index in [1.165, 1.54) is 18.2 Å². The number of nitro benzene ring substituents is 1. The molecule has 1 aromatic rings. The van der Waals surface area contributed by atoms with Crippen molar-refractivity contribution >= 4 is 27.5 Å². The Kier molecular flexibility index (Phi) is 4.36. The Bertz CT molecular complexity index is 543. The summed E-state index contributed by atoms with van der Waals surface area (Å²) in [7, 11) is 0.